The predicted molar refractivity (Wildman–Crippen MR) is 110 cm³/mol. The maximum Gasteiger partial charge on any atom is 0.261 e. The smallest absolute Gasteiger partial charge is 0.261 e. The Bertz CT molecular complexity index is 802. The van der Waals surface area contributed by atoms with E-state index in [1.807, 2.05) is 36.4 Å². The summed E-state index contributed by atoms with van der Waals surface area (Å²) in [7, 11) is 1.62. The Morgan fingerprint density at radius 2 is 1.86 bits per heavy atom. The van der Waals surface area contributed by atoms with Crippen LogP contribution in [0, 0.1) is 0 Å². The van der Waals surface area contributed by atoms with Crippen molar-refractivity contribution in [2.45, 2.75) is 13.1 Å². The number of carbonyl (C=O) groups is 1. The SMILES string of the molecule is COc1ccc(/C=N\OCC(=O)NCc2ccccc2C[NH+]2CCOCC2)cc1. The third kappa shape index (κ3) is 6.89. The molecule has 0 aromatic heterocycles. The summed E-state index contributed by atoms with van der Waals surface area (Å²) in [6.07, 6.45) is 1.56. The van der Waals surface area contributed by atoms with E-state index >= 15 is 0 Å². The number of benzene rings is 2. The number of ether oxygens (including phenoxy) is 2. The number of hydrogen-bond acceptors (Lipinski definition) is 5. The van der Waals surface area contributed by atoms with E-state index in [4.69, 9.17) is 14.3 Å². The molecule has 0 bridgehead atoms. The molecule has 0 atom stereocenters. The van der Waals surface area contributed by atoms with Crippen molar-refractivity contribution < 1.29 is 24.0 Å². The van der Waals surface area contributed by atoms with E-state index < -0.39 is 0 Å². The van der Waals surface area contributed by atoms with Gasteiger partial charge in [-0.05, 0) is 35.4 Å². The van der Waals surface area contributed by atoms with Gasteiger partial charge < -0.3 is 24.5 Å². The van der Waals surface area contributed by atoms with Gasteiger partial charge >= 0.3 is 0 Å². The fraction of sp³-hybridized carbons (Fsp3) is 0.364. The number of amides is 1. The fourth-order valence-electron chi connectivity index (χ4n) is 3.14. The van der Waals surface area contributed by atoms with Gasteiger partial charge in [-0.25, -0.2) is 0 Å². The van der Waals surface area contributed by atoms with Gasteiger partial charge in [0.2, 0.25) is 0 Å². The highest BCUT2D eigenvalue weighted by Crippen LogP contribution is 2.10. The van der Waals surface area contributed by atoms with Crippen LogP contribution in [0.2, 0.25) is 0 Å². The van der Waals surface area contributed by atoms with E-state index in [2.05, 4.69) is 22.6 Å². The summed E-state index contributed by atoms with van der Waals surface area (Å²) in [5.74, 6) is 0.573. The van der Waals surface area contributed by atoms with Crippen molar-refractivity contribution in [3.63, 3.8) is 0 Å². The van der Waals surface area contributed by atoms with Crippen LogP contribution < -0.4 is 15.0 Å². The zero-order chi connectivity index (χ0) is 20.3. The van der Waals surface area contributed by atoms with Gasteiger partial charge in [-0.3, -0.25) is 4.79 Å². The fourth-order valence-corrected chi connectivity index (χ4v) is 3.14. The van der Waals surface area contributed by atoms with Gasteiger partial charge in [-0.1, -0.05) is 29.4 Å². The number of carbonyl (C=O) groups excluding carboxylic acids is 1. The van der Waals surface area contributed by atoms with E-state index in [1.165, 1.54) is 10.5 Å². The molecule has 1 aliphatic heterocycles. The van der Waals surface area contributed by atoms with Crippen LogP contribution in [0.1, 0.15) is 16.7 Å². The molecule has 2 N–H and O–H groups in total. The van der Waals surface area contributed by atoms with Crippen molar-refractivity contribution in [1.82, 2.24) is 5.32 Å². The second-order valence-corrected chi connectivity index (χ2v) is 6.87. The first-order valence-corrected chi connectivity index (χ1v) is 9.79. The summed E-state index contributed by atoms with van der Waals surface area (Å²) in [5, 5.41) is 6.75. The Kier molecular flexibility index (Phi) is 8.03. The molecule has 154 valence electrons. The van der Waals surface area contributed by atoms with Crippen molar-refractivity contribution in [2.24, 2.45) is 5.16 Å². The standard InChI is InChI=1S/C22H27N3O4/c1-27-21-8-6-18(7-9-21)14-24-29-17-22(26)23-15-19-4-2-3-5-20(19)16-25-10-12-28-13-11-25/h2-9,14H,10-13,15-17H2,1H3,(H,23,26)/p+1/b24-14-. The second kappa shape index (κ2) is 11.2. The monoisotopic (exact) mass is 398 g/mol. The molecule has 1 fully saturated rings. The lowest BCUT2D eigenvalue weighted by Gasteiger charge is -2.24. The topological polar surface area (TPSA) is 73.6 Å². The van der Waals surface area contributed by atoms with Gasteiger partial charge in [0.05, 0.1) is 26.5 Å². The van der Waals surface area contributed by atoms with E-state index in [-0.39, 0.29) is 12.5 Å². The molecule has 1 heterocycles. The maximum atomic E-state index is 12.1. The number of hydrogen-bond donors (Lipinski definition) is 2. The molecule has 0 radical (unpaired) electrons. The van der Waals surface area contributed by atoms with E-state index in [0.29, 0.717) is 6.54 Å². The van der Waals surface area contributed by atoms with Gasteiger partial charge in [0.25, 0.3) is 5.91 Å². The molecule has 0 aliphatic carbocycles. The number of methoxy groups -OCH3 is 1. The van der Waals surface area contributed by atoms with Gasteiger partial charge in [0.15, 0.2) is 6.61 Å². The molecule has 2 aromatic rings. The molecule has 1 saturated heterocycles. The molecule has 0 spiro atoms. The Morgan fingerprint density at radius 1 is 1.14 bits per heavy atom. The summed E-state index contributed by atoms with van der Waals surface area (Å²) < 4.78 is 10.5. The quantitative estimate of drug-likeness (QED) is 0.484. The first-order chi connectivity index (χ1) is 14.2. The van der Waals surface area contributed by atoms with Crippen LogP contribution >= 0.6 is 0 Å². The van der Waals surface area contributed by atoms with Crippen LogP contribution in [-0.4, -0.2) is 52.1 Å². The van der Waals surface area contributed by atoms with Crippen LogP contribution in [0.5, 0.6) is 5.75 Å². The van der Waals surface area contributed by atoms with Gasteiger partial charge in [0.1, 0.15) is 25.4 Å². The van der Waals surface area contributed by atoms with Crippen LogP contribution in [0.25, 0.3) is 0 Å². The highest BCUT2D eigenvalue weighted by Gasteiger charge is 2.16. The molecule has 3 rings (SSSR count). The van der Waals surface area contributed by atoms with Gasteiger partial charge in [-0.2, -0.15) is 0 Å². The average Bonchev–Trinajstić information content (AvgIpc) is 2.77. The van der Waals surface area contributed by atoms with Crippen molar-refractivity contribution in [3.8, 4) is 5.75 Å². The molecule has 7 heteroatoms. The first-order valence-electron chi connectivity index (χ1n) is 9.79. The zero-order valence-corrected chi connectivity index (χ0v) is 16.7. The Morgan fingerprint density at radius 3 is 2.59 bits per heavy atom. The van der Waals surface area contributed by atoms with Gasteiger partial charge in [-0.15, -0.1) is 0 Å². The third-order valence-corrected chi connectivity index (χ3v) is 4.82. The number of oxime groups is 1. The number of morpholine rings is 1. The summed E-state index contributed by atoms with van der Waals surface area (Å²) in [6, 6.07) is 15.6. The highest BCUT2D eigenvalue weighted by molar-refractivity contribution is 5.80. The minimum Gasteiger partial charge on any atom is -0.497 e. The highest BCUT2D eigenvalue weighted by atomic mass is 16.6. The number of nitrogens with one attached hydrogen (secondary N) is 2. The molecule has 29 heavy (non-hydrogen) atoms. The first kappa shape index (κ1) is 20.8. The van der Waals surface area contributed by atoms with Crippen molar-refractivity contribution in [2.75, 3.05) is 40.0 Å². The molecule has 1 aliphatic rings. The van der Waals surface area contributed by atoms with Crippen molar-refractivity contribution in [1.29, 1.82) is 0 Å². The zero-order valence-electron chi connectivity index (χ0n) is 16.7. The number of quaternary nitrogens is 1. The number of rotatable bonds is 9. The second-order valence-electron chi connectivity index (χ2n) is 6.87. The summed E-state index contributed by atoms with van der Waals surface area (Å²) >= 11 is 0. The molecular weight excluding hydrogens is 370 g/mol. The molecule has 2 aromatic carbocycles. The Balaban J connectivity index is 1.42. The average molecular weight is 398 g/mol. The summed E-state index contributed by atoms with van der Waals surface area (Å²) in [6.45, 7) is 4.94. The predicted octanol–water partition coefficient (Wildman–Crippen LogP) is 0.777. The molecule has 0 unspecified atom stereocenters. The minimum atomic E-state index is -0.203. The van der Waals surface area contributed by atoms with Crippen LogP contribution in [-0.2, 0) is 27.5 Å². The molecule has 0 saturated carbocycles. The lowest BCUT2D eigenvalue weighted by Crippen LogP contribution is -3.12. The lowest BCUT2D eigenvalue weighted by molar-refractivity contribution is -0.921. The molecule has 7 nitrogen and oxygen atoms in total. The molecular formula is C22H28N3O4+. The summed E-state index contributed by atoms with van der Waals surface area (Å²) in [5.41, 5.74) is 3.25. The summed E-state index contributed by atoms with van der Waals surface area (Å²) in [4.78, 5) is 18.7. The Labute approximate surface area is 171 Å². The maximum absolute atomic E-state index is 12.1. The van der Waals surface area contributed by atoms with Crippen LogP contribution in [0.3, 0.4) is 0 Å². The van der Waals surface area contributed by atoms with E-state index in [9.17, 15) is 4.79 Å². The minimum absolute atomic E-state index is 0.121. The lowest BCUT2D eigenvalue weighted by atomic mass is 10.1. The number of nitrogens with zero attached hydrogens (tertiary/aromatic N) is 1. The third-order valence-electron chi connectivity index (χ3n) is 4.82. The van der Waals surface area contributed by atoms with Crippen molar-refractivity contribution in [3.05, 3.63) is 65.2 Å². The van der Waals surface area contributed by atoms with Crippen molar-refractivity contribution >= 4 is 12.1 Å². The largest absolute Gasteiger partial charge is 0.497 e. The normalized spacial score (nSPS) is 14.7. The van der Waals surface area contributed by atoms with Crippen LogP contribution in [0.4, 0.5) is 0 Å². The van der Waals surface area contributed by atoms with E-state index in [1.54, 1.807) is 13.3 Å². The van der Waals surface area contributed by atoms with E-state index in [0.717, 1.165) is 49.7 Å². The molecule has 1 amide bonds. The van der Waals surface area contributed by atoms with Gasteiger partial charge in [0, 0.05) is 12.1 Å². The Hall–Kier alpha value is -2.90. The van der Waals surface area contributed by atoms with Crippen LogP contribution in [0.15, 0.2) is 53.7 Å².